The summed E-state index contributed by atoms with van der Waals surface area (Å²) >= 11 is 0. The standard InChI is InChI=1S/C20H26N2O6S/c1-13-11-14(7-9-16(13)22(2)29(6,24)25)20(23)21-12-15-8-10-17(26-3)19(28-5)18(15)27-4/h7-11H,12H2,1-6H3,(H,21,23). The molecule has 0 atom stereocenters. The van der Waals surface area contributed by atoms with Crippen molar-refractivity contribution in [2.24, 2.45) is 0 Å². The highest BCUT2D eigenvalue weighted by molar-refractivity contribution is 7.92. The summed E-state index contributed by atoms with van der Waals surface area (Å²) < 4.78 is 40.7. The molecule has 0 bridgehead atoms. The third-order valence-corrected chi connectivity index (χ3v) is 5.71. The maximum atomic E-state index is 12.6. The van der Waals surface area contributed by atoms with Crippen LogP contribution in [0.2, 0.25) is 0 Å². The fraction of sp³-hybridized carbons (Fsp3) is 0.350. The molecule has 0 aliphatic carbocycles. The summed E-state index contributed by atoms with van der Waals surface area (Å²) in [5, 5.41) is 2.84. The molecule has 0 fully saturated rings. The maximum Gasteiger partial charge on any atom is 0.251 e. The van der Waals surface area contributed by atoms with Crippen molar-refractivity contribution in [1.82, 2.24) is 5.32 Å². The first-order valence-electron chi connectivity index (χ1n) is 8.74. The van der Waals surface area contributed by atoms with Crippen molar-refractivity contribution in [3.63, 3.8) is 0 Å². The molecule has 9 heteroatoms. The Hall–Kier alpha value is -2.94. The number of carbonyl (C=O) groups is 1. The van der Waals surface area contributed by atoms with Gasteiger partial charge in [-0.05, 0) is 42.8 Å². The van der Waals surface area contributed by atoms with Crippen LogP contribution in [0.1, 0.15) is 21.5 Å². The average molecular weight is 423 g/mol. The molecule has 29 heavy (non-hydrogen) atoms. The van der Waals surface area contributed by atoms with E-state index in [0.717, 1.165) is 11.8 Å². The number of anilines is 1. The zero-order chi connectivity index (χ0) is 21.8. The molecule has 0 aromatic heterocycles. The molecular weight excluding hydrogens is 396 g/mol. The molecule has 0 aliphatic rings. The van der Waals surface area contributed by atoms with E-state index in [9.17, 15) is 13.2 Å². The number of ether oxygens (including phenoxy) is 3. The minimum atomic E-state index is -3.38. The van der Waals surface area contributed by atoms with E-state index in [0.29, 0.717) is 34.1 Å². The van der Waals surface area contributed by atoms with Crippen LogP contribution in [0, 0.1) is 6.92 Å². The van der Waals surface area contributed by atoms with Gasteiger partial charge in [-0.2, -0.15) is 0 Å². The van der Waals surface area contributed by atoms with Crippen LogP contribution >= 0.6 is 0 Å². The van der Waals surface area contributed by atoms with E-state index in [2.05, 4.69) is 5.32 Å². The number of amides is 1. The second-order valence-corrected chi connectivity index (χ2v) is 8.42. The van der Waals surface area contributed by atoms with Crippen molar-refractivity contribution in [3.8, 4) is 17.2 Å². The molecule has 0 radical (unpaired) electrons. The zero-order valence-corrected chi connectivity index (χ0v) is 18.2. The van der Waals surface area contributed by atoms with Crippen LogP contribution in [-0.4, -0.2) is 49.0 Å². The van der Waals surface area contributed by atoms with Crippen LogP contribution in [-0.2, 0) is 16.6 Å². The van der Waals surface area contributed by atoms with Crippen molar-refractivity contribution >= 4 is 21.6 Å². The number of aryl methyl sites for hydroxylation is 1. The summed E-state index contributed by atoms with van der Waals surface area (Å²) in [7, 11) is 2.66. The molecule has 158 valence electrons. The first-order valence-corrected chi connectivity index (χ1v) is 10.6. The Kier molecular flexibility index (Phi) is 6.97. The molecular formula is C20H26N2O6S. The van der Waals surface area contributed by atoms with E-state index < -0.39 is 10.0 Å². The van der Waals surface area contributed by atoms with Crippen LogP contribution in [0.5, 0.6) is 17.2 Å². The third-order valence-electron chi connectivity index (χ3n) is 4.52. The number of nitrogens with zero attached hydrogens (tertiary/aromatic N) is 1. The SMILES string of the molecule is COc1ccc(CNC(=O)c2ccc(N(C)S(C)(=O)=O)c(C)c2)c(OC)c1OC. The highest BCUT2D eigenvalue weighted by atomic mass is 32.2. The lowest BCUT2D eigenvalue weighted by Crippen LogP contribution is -2.26. The first kappa shape index (κ1) is 22.4. The lowest BCUT2D eigenvalue weighted by molar-refractivity contribution is 0.0950. The van der Waals surface area contributed by atoms with Gasteiger partial charge in [0.1, 0.15) is 0 Å². The van der Waals surface area contributed by atoms with E-state index in [1.165, 1.54) is 32.7 Å². The van der Waals surface area contributed by atoms with Gasteiger partial charge in [-0.3, -0.25) is 9.10 Å². The molecule has 0 unspecified atom stereocenters. The Labute approximate surface area is 171 Å². The normalized spacial score (nSPS) is 11.0. The summed E-state index contributed by atoms with van der Waals surface area (Å²) in [5.74, 6) is 1.17. The number of benzene rings is 2. The van der Waals surface area contributed by atoms with Gasteiger partial charge in [0.25, 0.3) is 5.91 Å². The summed E-state index contributed by atoms with van der Waals surface area (Å²) in [6.45, 7) is 1.97. The Balaban J connectivity index is 2.21. The van der Waals surface area contributed by atoms with Gasteiger partial charge in [0.15, 0.2) is 11.5 Å². The van der Waals surface area contributed by atoms with Crippen molar-refractivity contribution in [3.05, 3.63) is 47.0 Å². The van der Waals surface area contributed by atoms with Crippen LogP contribution < -0.4 is 23.8 Å². The van der Waals surface area contributed by atoms with Gasteiger partial charge >= 0.3 is 0 Å². The summed E-state index contributed by atoms with van der Waals surface area (Å²) in [5.41, 5.74) is 2.34. The Morgan fingerprint density at radius 3 is 2.21 bits per heavy atom. The maximum absolute atomic E-state index is 12.6. The zero-order valence-electron chi connectivity index (χ0n) is 17.4. The molecule has 0 saturated heterocycles. The van der Waals surface area contributed by atoms with Gasteiger partial charge < -0.3 is 19.5 Å². The second kappa shape index (κ2) is 9.04. The Bertz CT molecular complexity index is 1000. The largest absolute Gasteiger partial charge is 0.493 e. The molecule has 2 rings (SSSR count). The molecule has 0 aliphatic heterocycles. The van der Waals surface area contributed by atoms with E-state index >= 15 is 0 Å². The predicted octanol–water partition coefficient (Wildman–Crippen LogP) is 2.35. The molecule has 2 aromatic rings. The minimum absolute atomic E-state index is 0.215. The topological polar surface area (TPSA) is 94.2 Å². The quantitative estimate of drug-likeness (QED) is 0.702. The van der Waals surface area contributed by atoms with Gasteiger partial charge in [-0.1, -0.05) is 0 Å². The fourth-order valence-electron chi connectivity index (χ4n) is 2.91. The van der Waals surface area contributed by atoms with E-state index in [1.807, 2.05) is 0 Å². The summed E-state index contributed by atoms with van der Waals surface area (Å²) in [6, 6.07) is 8.38. The molecule has 0 saturated carbocycles. The van der Waals surface area contributed by atoms with Gasteiger partial charge in [-0.25, -0.2) is 8.42 Å². The molecule has 2 aromatic carbocycles. The van der Waals surface area contributed by atoms with Crippen LogP contribution in [0.25, 0.3) is 0 Å². The number of nitrogens with one attached hydrogen (secondary N) is 1. The van der Waals surface area contributed by atoms with Crippen molar-refractivity contribution in [1.29, 1.82) is 0 Å². The first-order chi connectivity index (χ1) is 13.6. The lowest BCUT2D eigenvalue weighted by Gasteiger charge is -2.19. The molecule has 8 nitrogen and oxygen atoms in total. The molecule has 0 heterocycles. The number of hydrogen-bond donors (Lipinski definition) is 1. The van der Waals surface area contributed by atoms with Crippen molar-refractivity contribution in [2.75, 3.05) is 38.9 Å². The van der Waals surface area contributed by atoms with E-state index in [4.69, 9.17) is 14.2 Å². The Morgan fingerprint density at radius 2 is 1.69 bits per heavy atom. The van der Waals surface area contributed by atoms with Crippen LogP contribution in [0.15, 0.2) is 30.3 Å². The number of sulfonamides is 1. The second-order valence-electron chi connectivity index (χ2n) is 6.41. The van der Waals surface area contributed by atoms with Gasteiger partial charge in [-0.15, -0.1) is 0 Å². The summed E-state index contributed by atoms with van der Waals surface area (Å²) in [6.07, 6.45) is 1.13. The number of rotatable bonds is 8. The highest BCUT2D eigenvalue weighted by Crippen LogP contribution is 2.39. The smallest absolute Gasteiger partial charge is 0.251 e. The lowest BCUT2D eigenvalue weighted by atomic mass is 10.1. The number of carbonyl (C=O) groups excluding carboxylic acids is 1. The molecule has 0 spiro atoms. The highest BCUT2D eigenvalue weighted by Gasteiger charge is 2.18. The van der Waals surface area contributed by atoms with Gasteiger partial charge in [0.05, 0.1) is 33.3 Å². The van der Waals surface area contributed by atoms with Gasteiger partial charge in [0, 0.05) is 24.7 Å². The number of methoxy groups -OCH3 is 3. The average Bonchev–Trinajstić information content (AvgIpc) is 2.69. The predicted molar refractivity (Wildman–Crippen MR) is 112 cm³/mol. The van der Waals surface area contributed by atoms with E-state index in [1.54, 1.807) is 37.3 Å². The number of hydrogen-bond acceptors (Lipinski definition) is 6. The van der Waals surface area contributed by atoms with Crippen LogP contribution in [0.4, 0.5) is 5.69 Å². The molecule has 1 N–H and O–H groups in total. The third kappa shape index (κ3) is 4.92. The molecule has 1 amide bonds. The monoisotopic (exact) mass is 422 g/mol. The minimum Gasteiger partial charge on any atom is -0.493 e. The van der Waals surface area contributed by atoms with Gasteiger partial charge in [0.2, 0.25) is 15.8 Å². The Morgan fingerprint density at radius 1 is 1.03 bits per heavy atom. The summed E-state index contributed by atoms with van der Waals surface area (Å²) in [4.78, 5) is 12.6. The fourth-order valence-corrected chi connectivity index (χ4v) is 3.47. The van der Waals surface area contributed by atoms with Crippen molar-refractivity contribution < 1.29 is 27.4 Å². The van der Waals surface area contributed by atoms with Crippen molar-refractivity contribution in [2.45, 2.75) is 13.5 Å². The van der Waals surface area contributed by atoms with E-state index in [-0.39, 0.29) is 12.5 Å². The van der Waals surface area contributed by atoms with Crippen LogP contribution in [0.3, 0.4) is 0 Å².